The van der Waals surface area contributed by atoms with E-state index in [0.29, 0.717) is 38.3 Å². The van der Waals surface area contributed by atoms with Crippen LogP contribution in [0.4, 0.5) is 0 Å². The molecule has 1 aliphatic rings. The molecule has 0 unspecified atom stereocenters. The van der Waals surface area contributed by atoms with Crippen LogP contribution in [0.1, 0.15) is 38.7 Å². The van der Waals surface area contributed by atoms with Crippen LogP contribution in [0, 0.1) is 5.92 Å². The number of aryl methyl sites for hydroxylation is 1. The lowest BCUT2D eigenvalue weighted by Crippen LogP contribution is -2.60. The van der Waals surface area contributed by atoms with Gasteiger partial charge >= 0.3 is 0 Å². The fourth-order valence-electron chi connectivity index (χ4n) is 3.15. The van der Waals surface area contributed by atoms with E-state index in [1.165, 1.54) is 0 Å². The summed E-state index contributed by atoms with van der Waals surface area (Å²) < 4.78 is 0. The number of β-amino-alcohol motifs (C(OH)–C–C–N with tert-alkyl or cyclic N) is 1. The molecule has 1 amide bonds. The van der Waals surface area contributed by atoms with E-state index in [4.69, 9.17) is 0 Å². The predicted molar refractivity (Wildman–Crippen MR) is 99.2 cm³/mol. The lowest BCUT2D eigenvalue weighted by molar-refractivity contribution is -0.148. The first-order valence-corrected chi connectivity index (χ1v) is 9.33. The third-order valence-electron chi connectivity index (χ3n) is 4.98. The van der Waals surface area contributed by atoms with Crippen molar-refractivity contribution in [1.29, 1.82) is 0 Å². The maximum atomic E-state index is 12.4. The van der Waals surface area contributed by atoms with Gasteiger partial charge in [-0.2, -0.15) is 0 Å². The Labute approximate surface area is 151 Å². The van der Waals surface area contributed by atoms with Crippen molar-refractivity contribution in [3.63, 3.8) is 0 Å². The number of aliphatic hydroxyl groups excluding tert-OH is 1. The maximum absolute atomic E-state index is 12.4. The normalized spacial score (nSPS) is 23.9. The highest BCUT2D eigenvalue weighted by Crippen LogP contribution is 2.23. The molecule has 1 aliphatic heterocycles. The lowest BCUT2D eigenvalue weighted by atomic mass is 9.88. The molecule has 1 heterocycles. The van der Waals surface area contributed by atoms with Gasteiger partial charge in [-0.1, -0.05) is 44.2 Å². The predicted octanol–water partition coefficient (Wildman–Crippen LogP) is 1.58. The first-order chi connectivity index (χ1) is 11.9. The molecule has 0 aromatic heterocycles. The van der Waals surface area contributed by atoms with Crippen LogP contribution in [0.3, 0.4) is 0 Å². The zero-order valence-electron chi connectivity index (χ0n) is 15.4. The standard InChI is InChI=1S/C20H32N2O3/c1-16(2)10-12-21-15-20(25)11-13-22(14-18(20)23)19(24)9-8-17-6-4-3-5-7-17/h3-7,16,18,21,23,25H,8-15H2,1-2H3/t18-,20-/m0/s1. The van der Waals surface area contributed by atoms with Gasteiger partial charge in [0.2, 0.25) is 5.91 Å². The molecule has 1 aromatic rings. The van der Waals surface area contributed by atoms with Gasteiger partial charge in [-0.3, -0.25) is 4.79 Å². The molecule has 140 valence electrons. The Bertz CT molecular complexity index is 535. The van der Waals surface area contributed by atoms with Crippen molar-refractivity contribution >= 4 is 5.91 Å². The second kappa shape index (κ2) is 9.32. The molecule has 1 fully saturated rings. The van der Waals surface area contributed by atoms with E-state index in [2.05, 4.69) is 19.2 Å². The summed E-state index contributed by atoms with van der Waals surface area (Å²) in [5.41, 5.74) is -0.00744. The minimum absolute atomic E-state index is 0.0396. The van der Waals surface area contributed by atoms with Gasteiger partial charge < -0.3 is 20.4 Å². The third-order valence-corrected chi connectivity index (χ3v) is 4.98. The van der Waals surface area contributed by atoms with Crippen LogP contribution in [-0.2, 0) is 11.2 Å². The Morgan fingerprint density at radius 3 is 2.72 bits per heavy atom. The Morgan fingerprint density at radius 2 is 2.08 bits per heavy atom. The van der Waals surface area contributed by atoms with Crippen LogP contribution in [0.15, 0.2) is 30.3 Å². The monoisotopic (exact) mass is 348 g/mol. The van der Waals surface area contributed by atoms with Crippen LogP contribution in [0.5, 0.6) is 0 Å². The summed E-state index contributed by atoms with van der Waals surface area (Å²) in [5, 5.41) is 24.3. The van der Waals surface area contributed by atoms with E-state index in [0.717, 1.165) is 18.5 Å². The van der Waals surface area contributed by atoms with Crippen molar-refractivity contribution in [3.8, 4) is 0 Å². The molecular formula is C20H32N2O3. The molecule has 1 saturated heterocycles. The van der Waals surface area contributed by atoms with E-state index >= 15 is 0 Å². The molecule has 1 aromatic carbocycles. The fraction of sp³-hybridized carbons (Fsp3) is 0.650. The summed E-state index contributed by atoms with van der Waals surface area (Å²) in [6, 6.07) is 9.93. The van der Waals surface area contributed by atoms with Gasteiger partial charge in [0, 0.05) is 26.1 Å². The summed E-state index contributed by atoms with van der Waals surface area (Å²) in [6.07, 6.45) is 1.67. The van der Waals surface area contributed by atoms with Crippen LogP contribution in [0.25, 0.3) is 0 Å². The molecular weight excluding hydrogens is 316 g/mol. The highest BCUT2D eigenvalue weighted by Gasteiger charge is 2.41. The molecule has 5 nitrogen and oxygen atoms in total. The van der Waals surface area contributed by atoms with Crippen LogP contribution < -0.4 is 5.32 Å². The van der Waals surface area contributed by atoms with Gasteiger partial charge in [-0.05, 0) is 37.3 Å². The number of rotatable bonds is 8. The second-order valence-corrected chi connectivity index (χ2v) is 7.55. The summed E-state index contributed by atoms with van der Waals surface area (Å²) in [6.45, 7) is 6.21. The average Bonchev–Trinajstić information content (AvgIpc) is 2.60. The molecule has 3 N–H and O–H groups in total. The van der Waals surface area contributed by atoms with E-state index in [-0.39, 0.29) is 12.5 Å². The smallest absolute Gasteiger partial charge is 0.222 e. The van der Waals surface area contributed by atoms with E-state index in [9.17, 15) is 15.0 Å². The third kappa shape index (κ3) is 6.10. The van der Waals surface area contributed by atoms with Gasteiger partial charge in [0.15, 0.2) is 0 Å². The molecule has 0 aliphatic carbocycles. The zero-order valence-corrected chi connectivity index (χ0v) is 15.4. The number of carbonyl (C=O) groups is 1. The molecule has 25 heavy (non-hydrogen) atoms. The van der Waals surface area contributed by atoms with Crippen molar-refractivity contribution in [3.05, 3.63) is 35.9 Å². The Hall–Kier alpha value is -1.43. The number of nitrogens with one attached hydrogen (secondary N) is 1. The highest BCUT2D eigenvalue weighted by molar-refractivity contribution is 5.76. The second-order valence-electron chi connectivity index (χ2n) is 7.55. The van der Waals surface area contributed by atoms with Crippen LogP contribution >= 0.6 is 0 Å². The highest BCUT2D eigenvalue weighted by atomic mass is 16.3. The Morgan fingerprint density at radius 1 is 1.36 bits per heavy atom. The topological polar surface area (TPSA) is 72.8 Å². The van der Waals surface area contributed by atoms with Gasteiger partial charge in [-0.25, -0.2) is 0 Å². The van der Waals surface area contributed by atoms with Crippen LogP contribution in [0.2, 0.25) is 0 Å². The molecule has 0 bridgehead atoms. The average molecular weight is 348 g/mol. The van der Waals surface area contributed by atoms with E-state index in [1.807, 2.05) is 30.3 Å². The number of amides is 1. The van der Waals surface area contributed by atoms with Gasteiger partial charge in [0.05, 0.1) is 0 Å². The molecule has 0 saturated carbocycles. The molecule has 0 spiro atoms. The minimum atomic E-state index is -1.15. The lowest BCUT2D eigenvalue weighted by Gasteiger charge is -2.42. The molecule has 0 radical (unpaired) electrons. The summed E-state index contributed by atoms with van der Waals surface area (Å²) in [5.74, 6) is 0.647. The summed E-state index contributed by atoms with van der Waals surface area (Å²) in [4.78, 5) is 14.1. The minimum Gasteiger partial charge on any atom is -0.388 e. The van der Waals surface area contributed by atoms with Crippen molar-refractivity contribution in [1.82, 2.24) is 10.2 Å². The number of hydrogen-bond acceptors (Lipinski definition) is 4. The van der Waals surface area contributed by atoms with Gasteiger partial charge in [-0.15, -0.1) is 0 Å². The van der Waals surface area contributed by atoms with Gasteiger partial charge in [0.25, 0.3) is 0 Å². The number of nitrogens with zero attached hydrogens (tertiary/aromatic N) is 1. The largest absolute Gasteiger partial charge is 0.388 e. The number of piperidine rings is 1. The maximum Gasteiger partial charge on any atom is 0.222 e. The number of hydrogen-bond donors (Lipinski definition) is 3. The zero-order chi connectivity index (χ0) is 18.3. The Kier molecular flexibility index (Phi) is 7.41. The first kappa shape index (κ1) is 19.9. The molecule has 2 rings (SSSR count). The Balaban J connectivity index is 1.76. The number of benzene rings is 1. The van der Waals surface area contributed by atoms with E-state index < -0.39 is 11.7 Å². The van der Waals surface area contributed by atoms with Crippen molar-refractivity contribution in [2.24, 2.45) is 5.92 Å². The summed E-state index contributed by atoms with van der Waals surface area (Å²) in [7, 11) is 0. The SMILES string of the molecule is CC(C)CCNC[C@@]1(O)CCN(C(=O)CCc2ccccc2)C[C@@H]1O. The van der Waals surface area contributed by atoms with Gasteiger partial charge in [0.1, 0.15) is 11.7 Å². The van der Waals surface area contributed by atoms with Crippen LogP contribution in [-0.4, -0.2) is 58.9 Å². The molecule has 5 heteroatoms. The van der Waals surface area contributed by atoms with Crippen molar-refractivity contribution < 1.29 is 15.0 Å². The fourth-order valence-corrected chi connectivity index (χ4v) is 3.15. The molecule has 2 atom stereocenters. The first-order valence-electron chi connectivity index (χ1n) is 9.33. The van der Waals surface area contributed by atoms with E-state index in [1.54, 1.807) is 4.90 Å². The van der Waals surface area contributed by atoms with Crippen molar-refractivity contribution in [2.45, 2.75) is 51.2 Å². The van der Waals surface area contributed by atoms with Crippen molar-refractivity contribution in [2.75, 3.05) is 26.2 Å². The quantitative estimate of drug-likeness (QED) is 0.624. The number of aliphatic hydroxyl groups is 2. The summed E-state index contributed by atoms with van der Waals surface area (Å²) >= 11 is 0. The number of likely N-dealkylation sites (tertiary alicyclic amines) is 1. The number of carbonyl (C=O) groups excluding carboxylic acids is 1.